The molecule has 1 saturated carbocycles. The minimum Gasteiger partial charge on any atom is -0.388 e. The molecule has 1 unspecified atom stereocenters. The first kappa shape index (κ1) is 24.0. The summed E-state index contributed by atoms with van der Waals surface area (Å²) in [6.45, 7) is 0. The molecule has 16 heteroatoms. The van der Waals surface area contributed by atoms with Crippen molar-refractivity contribution in [2.24, 2.45) is 0 Å². The minimum atomic E-state index is -4.69. The highest BCUT2D eigenvalue weighted by Gasteiger charge is 2.39. The van der Waals surface area contributed by atoms with E-state index in [9.17, 15) is 19.1 Å². The van der Waals surface area contributed by atoms with Gasteiger partial charge in [-0.05, 0) is 24.4 Å². The number of hydrogen-bond acceptors (Lipinski definition) is 9. The number of hydrogen-bond donors (Lipinski definition) is 5. The highest BCUT2D eigenvalue weighted by atomic mass is 35.5. The Bertz CT molecular complexity index is 1070. The molecule has 0 spiro atoms. The maximum atomic E-state index is 11.9. The van der Waals surface area contributed by atoms with Gasteiger partial charge in [-0.25, -0.2) is 4.68 Å². The zero-order chi connectivity index (χ0) is 23.1. The zero-order valence-electron chi connectivity index (χ0n) is 16.8. The summed E-state index contributed by atoms with van der Waals surface area (Å²) in [5.74, 6) is -0.661. The lowest BCUT2D eigenvalue weighted by Crippen LogP contribution is -2.21. The first-order valence-corrected chi connectivity index (χ1v) is 14.2. The molecule has 5 N–H and O–H groups in total. The molecule has 4 rings (SSSR count). The van der Waals surface area contributed by atoms with Crippen LogP contribution in [0, 0.1) is 0 Å². The Morgan fingerprint density at radius 3 is 2.66 bits per heavy atom. The summed E-state index contributed by atoms with van der Waals surface area (Å²) < 4.78 is 35.1. The van der Waals surface area contributed by atoms with E-state index in [1.807, 2.05) is 0 Å². The van der Waals surface area contributed by atoms with Gasteiger partial charge in [-0.1, -0.05) is 12.8 Å². The van der Waals surface area contributed by atoms with Gasteiger partial charge in [0, 0.05) is 12.5 Å². The van der Waals surface area contributed by atoms with Crippen LogP contribution in [0.1, 0.15) is 38.3 Å². The summed E-state index contributed by atoms with van der Waals surface area (Å²) in [7, 11) is -8.94. The first-order valence-electron chi connectivity index (χ1n) is 9.98. The second-order valence-electron chi connectivity index (χ2n) is 8.00. The average molecular weight is 512 g/mol. The van der Waals surface area contributed by atoms with Crippen LogP contribution in [0.4, 0.5) is 5.82 Å². The van der Waals surface area contributed by atoms with Crippen molar-refractivity contribution < 1.29 is 38.4 Å². The highest BCUT2D eigenvalue weighted by Crippen LogP contribution is 2.54. The van der Waals surface area contributed by atoms with Crippen molar-refractivity contribution in [2.75, 3.05) is 17.6 Å². The van der Waals surface area contributed by atoms with Crippen molar-refractivity contribution in [1.29, 1.82) is 0 Å². The molecule has 0 bridgehead atoms. The number of ether oxygens (including phenoxy) is 2. The Morgan fingerprint density at radius 2 is 1.97 bits per heavy atom. The van der Waals surface area contributed by atoms with Crippen LogP contribution in [0.3, 0.4) is 0 Å². The minimum absolute atomic E-state index is 0.00121. The predicted octanol–water partition coefficient (Wildman–Crippen LogP) is 1.82. The molecule has 32 heavy (non-hydrogen) atoms. The molecular formula is C16H24ClN5O8P2. The van der Waals surface area contributed by atoms with E-state index in [4.69, 9.17) is 30.9 Å². The number of anilines is 1. The molecule has 178 valence electrons. The average Bonchev–Trinajstić information content (AvgIpc) is 3.38. The van der Waals surface area contributed by atoms with Crippen molar-refractivity contribution in [3.63, 3.8) is 0 Å². The van der Waals surface area contributed by atoms with Gasteiger partial charge in [-0.2, -0.15) is 15.1 Å². The maximum absolute atomic E-state index is 11.9. The van der Waals surface area contributed by atoms with Crippen molar-refractivity contribution in [3.8, 4) is 0 Å². The van der Waals surface area contributed by atoms with Crippen molar-refractivity contribution in [3.05, 3.63) is 11.5 Å². The SMILES string of the molecule is O=P(O)(O)CP(=O)(O)CO[C@@H]1C[C@@H](O)[C@H](n2ncc3c(NC4CCCC4)nc(Cl)nc32)O1. The molecule has 2 aromatic rings. The molecule has 2 fully saturated rings. The van der Waals surface area contributed by atoms with E-state index >= 15 is 0 Å². The Hall–Kier alpha value is -1.14. The summed E-state index contributed by atoms with van der Waals surface area (Å²) >= 11 is 6.11. The molecule has 2 aliphatic rings. The Morgan fingerprint density at radius 1 is 1.25 bits per heavy atom. The normalized spacial score (nSPS) is 26.6. The van der Waals surface area contributed by atoms with Crippen molar-refractivity contribution in [2.45, 2.75) is 56.8 Å². The van der Waals surface area contributed by atoms with Gasteiger partial charge in [0.15, 0.2) is 18.2 Å². The molecule has 0 aromatic carbocycles. The fraction of sp³-hybridized carbons (Fsp3) is 0.688. The summed E-state index contributed by atoms with van der Waals surface area (Å²) in [5.41, 5.74) is 0.338. The van der Waals surface area contributed by atoms with E-state index in [0.29, 0.717) is 16.9 Å². The molecule has 2 aromatic heterocycles. The quantitative estimate of drug-likeness (QED) is 0.256. The molecule has 4 atom stereocenters. The largest absolute Gasteiger partial charge is 0.388 e. The van der Waals surface area contributed by atoms with E-state index in [-0.39, 0.29) is 17.7 Å². The molecule has 13 nitrogen and oxygen atoms in total. The number of aromatic nitrogens is 4. The molecule has 3 heterocycles. The van der Waals surface area contributed by atoms with Gasteiger partial charge in [0.05, 0.1) is 11.6 Å². The van der Waals surface area contributed by atoms with Crippen LogP contribution >= 0.6 is 26.6 Å². The fourth-order valence-corrected chi connectivity index (χ4v) is 7.12. The Balaban J connectivity index is 1.49. The second-order valence-corrected chi connectivity index (χ2v) is 12.8. The number of fused-ring (bicyclic) bond motifs is 1. The van der Waals surface area contributed by atoms with Gasteiger partial charge in [-0.3, -0.25) is 9.13 Å². The van der Waals surface area contributed by atoms with E-state index in [0.717, 1.165) is 25.7 Å². The number of nitrogens with one attached hydrogen (secondary N) is 1. The lowest BCUT2D eigenvalue weighted by Gasteiger charge is -2.18. The lowest BCUT2D eigenvalue weighted by atomic mass is 10.2. The van der Waals surface area contributed by atoms with Gasteiger partial charge in [0.1, 0.15) is 24.2 Å². The van der Waals surface area contributed by atoms with Crippen LogP contribution in [0.5, 0.6) is 0 Å². The van der Waals surface area contributed by atoms with Crippen LogP contribution in [0.15, 0.2) is 6.20 Å². The lowest BCUT2D eigenvalue weighted by molar-refractivity contribution is -0.147. The number of rotatable bonds is 8. The van der Waals surface area contributed by atoms with Crippen molar-refractivity contribution in [1.82, 2.24) is 19.7 Å². The van der Waals surface area contributed by atoms with Crippen LogP contribution in [0.25, 0.3) is 11.0 Å². The standard InChI is InChI=1S/C16H24ClN5O8P2/c17-16-20-13(19-9-3-1-2-4-9)10-6-18-22(14(10)21-16)15-11(23)5-12(30-15)29-7-31(24,25)8-32(26,27)28/h6,9,11-12,15,23H,1-5,7-8H2,(H,24,25)(H,19,20,21)(H2,26,27,28)/t11-,12+,15-/m1/s1. The monoisotopic (exact) mass is 511 g/mol. The predicted molar refractivity (Wildman–Crippen MR) is 113 cm³/mol. The third-order valence-electron chi connectivity index (χ3n) is 5.29. The third-order valence-corrected chi connectivity index (χ3v) is 9.25. The summed E-state index contributed by atoms with van der Waals surface area (Å²) in [6.07, 6.45) is 1.81. The number of aliphatic hydroxyl groups excluding tert-OH is 1. The van der Waals surface area contributed by atoms with E-state index in [1.165, 1.54) is 10.9 Å². The summed E-state index contributed by atoms with van der Waals surface area (Å²) in [4.78, 5) is 36.0. The van der Waals surface area contributed by atoms with E-state index in [2.05, 4.69) is 20.4 Å². The van der Waals surface area contributed by atoms with Crippen LogP contribution in [-0.2, 0) is 18.6 Å². The van der Waals surface area contributed by atoms with Gasteiger partial charge in [-0.15, -0.1) is 0 Å². The smallest absolute Gasteiger partial charge is 0.335 e. The molecule has 1 saturated heterocycles. The molecular weight excluding hydrogens is 488 g/mol. The molecule has 0 amide bonds. The molecule has 0 radical (unpaired) electrons. The summed E-state index contributed by atoms with van der Waals surface area (Å²) in [6, 6.07) is 0.279. The zero-order valence-corrected chi connectivity index (χ0v) is 19.4. The molecule has 1 aliphatic heterocycles. The van der Waals surface area contributed by atoms with Gasteiger partial charge in [0.25, 0.3) is 0 Å². The van der Waals surface area contributed by atoms with E-state index < -0.39 is 45.8 Å². The number of aliphatic hydroxyl groups is 1. The van der Waals surface area contributed by atoms with Crippen LogP contribution < -0.4 is 5.32 Å². The third kappa shape index (κ3) is 5.67. The summed E-state index contributed by atoms with van der Waals surface area (Å²) in [5, 5.41) is 18.7. The Labute approximate surface area is 187 Å². The second kappa shape index (κ2) is 9.25. The molecule has 1 aliphatic carbocycles. The van der Waals surface area contributed by atoms with Gasteiger partial charge in [0.2, 0.25) is 12.7 Å². The van der Waals surface area contributed by atoms with Crippen molar-refractivity contribution >= 4 is 43.4 Å². The fourth-order valence-electron chi connectivity index (χ4n) is 3.93. The van der Waals surface area contributed by atoms with Gasteiger partial charge >= 0.3 is 7.60 Å². The highest BCUT2D eigenvalue weighted by molar-refractivity contribution is 7.72. The number of nitrogens with zero attached hydrogens (tertiary/aromatic N) is 4. The Kier molecular flexibility index (Phi) is 6.94. The van der Waals surface area contributed by atoms with Crippen LogP contribution in [-0.4, -0.2) is 70.2 Å². The first-order chi connectivity index (χ1) is 15.0. The van der Waals surface area contributed by atoms with Gasteiger partial charge < -0.3 is 34.6 Å². The van der Waals surface area contributed by atoms with E-state index in [1.54, 1.807) is 0 Å². The van der Waals surface area contributed by atoms with Crippen LogP contribution in [0.2, 0.25) is 5.28 Å². The topological polar surface area (TPSA) is 189 Å². The maximum Gasteiger partial charge on any atom is 0.335 e. The number of halogens is 1.